The Kier molecular flexibility index (Phi) is 7.72. The number of amides is 2. The predicted molar refractivity (Wildman–Crippen MR) is 125 cm³/mol. The van der Waals surface area contributed by atoms with Gasteiger partial charge in [0, 0.05) is 19.1 Å². The van der Waals surface area contributed by atoms with E-state index in [4.69, 9.17) is 17.0 Å². The third kappa shape index (κ3) is 5.49. The van der Waals surface area contributed by atoms with Crippen LogP contribution in [0.25, 0.3) is 0 Å². The van der Waals surface area contributed by atoms with Gasteiger partial charge in [-0.15, -0.1) is 0 Å². The summed E-state index contributed by atoms with van der Waals surface area (Å²) < 4.78 is 6.99. The standard InChI is InChI=1S/C22H37N3O3S2/c1-21(2)18(19(27)23-16-11-7-5-8-12-16)25(22(3,4)28-21)17(26)15-30-20(29)24-13-9-6-10-14-24/h16,18H,5-15H2,1-4H3,(H,23,27). The zero-order valence-corrected chi connectivity index (χ0v) is 20.5. The number of thiocarbonyl (C=S) groups is 1. The molecule has 2 heterocycles. The molecule has 0 aromatic carbocycles. The molecule has 1 saturated carbocycles. The van der Waals surface area contributed by atoms with Gasteiger partial charge in [-0.25, -0.2) is 0 Å². The number of carbonyl (C=O) groups is 2. The van der Waals surface area contributed by atoms with Crippen LogP contribution in [0.15, 0.2) is 0 Å². The first-order valence-electron chi connectivity index (χ1n) is 11.4. The molecule has 170 valence electrons. The van der Waals surface area contributed by atoms with E-state index in [0.29, 0.717) is 0 Å². The van der Waals surface area contributed by atoms with Gasteiger partial charge in [0.1, 0.15) is 16.1 Å². The summed E-state index contributed by atoms with van der Waals surface area (Å²) in [6.45, 7) is 9.48. The Morgan fingerprint density at radius 3 is 2.27 bits per heavy atom. The van der Waals surface area contributed by atoms with Crippen molar-refractivity contribution in [1.82, 2.24) is 15.1 Å². The molecular weight excluding hydrogens is 418 g/mol. The van der Waals surface area contributed by atoms with Crippen molar-refractivity contribution in [3.63, 3.8) is 0 Å². The maximum absolute atomic E-state index is 13.3. The summed E-state index contributed by atoms with van der Waals surface area (Å²) in [6, 6.07) is -0.449. The SMILES string of the molecule is CC1(C)OC(C)(C)N(C(=O)CSC(=S)N2CCCCC2)C1C(=O)NC1CCCCC1. The average Bonchev–Trinajstić information content (AvgIpc) is 2.90. The molecule has 0 bridgehead atoms. The largest absolute Gasteiger partial charge is 0.358 e. The minimum Gasteiger partial charge on any atom is -0.358 e. The third-order valence-corrected chi connectivity index (χ3v) is 7.92. The lowest BCUT2D eigenvalue weighted by Crippen LogP contribution is -2.58. The number of rotatable bonds is 4. The van der Waals surface area contributed by atoms with Crippen molar-refractivity contribution in [3.8, 4) is 0 Å². The molecule has 3 rings (SSSR count). The van der Waals surface area contributed by atoms with Gasteiger partial charge >= 0.3 is 0 Å². The van der Waals surface area contributed by atoms with Crippen molar-refractivity contribution in [2.45, 2.75) is 102 Å². The number of likely N-dealkylation sites (tertiary alicyclic amines) is 1. The normalized spacial score (nSPS) is 26.5. The molecule has 1 N–H and O–H groups in total. The minimum atomic E-state index is -0.845. The fourth-order valence-electron chi connectivity index (χ4n) is 5.14. The third-order valence-electron chi connectivity index (χ3n) is 6.41. The summed E-state index contributed by atoms with van der Waals surface area (Å²) in [6.07, 6.45) is 9.10. The zero-order valence-electron chi connectivity index (χ0n) is 18.9. The lowest BCUT2D eigenvalue weighted by Gasteiger charge is -2.35. The molecule has 0 radical (unpaired) electrons. The van der Waals surface area contributed by atoms with E-state index in [0.717, 1.165) is 55.9 Å². The Hall–Kier alpha value is -0.860. The second kappa shape index (κ2) is 9.74. The highest BCUT2D eigenvalue weighted by molar-refractivity contribution is 8.23. The van der Waals surface area contributed by atoms with E-state index in [9.17, 15) is 9.59 Å². The number of ether oxygens (including phenoxy) is 1. The second-order valence-electron chi connectivity index (χ2n) is 9.76. The highest BCUT2D eigenvalue weighted by Crippen LogP contribution is 2.40. The molecule has 1 atom stereocenters. The first-order valence-corrected chi connectivity index (χ1v) is 12.8. The molecular formula is C22H37N3O3S2. The summed E-state index contributed by atoms with van der Waals surface area (Å²) in [5, 5.41) is 3.20. The number of hydrogen-bond acceptors (Lipinski definition) is 5. The summed E-state index contributed by atoms with van der Waals surface area (Å²) in [5.74, 6) is 0.0268. The predicted octanol–water partition coefficient (Wildman–Crippen LogP) is 3.68. The molecule has 1 aliphatic carbocycles. The van der Waals surface area contributed by atoms with Gasteiger partial charge in [-0.05, 0) is 59.8 Å². The van der Waals surface area contributed by atoms with Crippen molar-refractivity contribution in [1.29, 1.82) is 0 Å². The molecule has 0 aromatic rings. The second-order valence-corrected chi connectivity index (χ2v) is 11.4. The zero-order chi connectivity index (χ0) is 21.9. The number of nitrogens with one attached hydrogen (secondary N) is 1. The Labute approximate surface area is 190 Å². The van der Waals surface area contributed by atoms with Crippen molar-refractivity contribution >= 4 is 40.1 Å². The van der Waals surface area contributed by atoms with Crippen LogP contribution in [0.4, 0.5) is 0 Å². The molecule has 2 amide bonds. The molecule has 8 heteroatoms. The number of carbonyl (C=O) groups excluding carboxylic acids is 2. The number of hydrogen-bond donors (Lipinski definition) is 1. The first-order chi connectivity index (χ1) is 14.1. The van der Waals surface area contributed by atoms with Gasteiger partial charge in [0.25, 0.3) is 0 Å². The van der Waals surface area contributed by atoms with E-state index >= 15 is 0 Å². The van der Waals surface area contributed by atoms with E-state index < -0.39 is 17.4 Å². The Morgan fingerprint density at radius 2 is 1.63 bits per heavy atom. The number of thioether (sulfide) groups is 1. The molecule has 3 fully saturated rings. The maximum atomic E-state index is 13.3. The van der Waals surface area contributed by atoms with E-state index in [1.165, 1.54) is 24.6 Å². The van der Waals surface area contributed by atoms with Gasteiger partial charge < -0.3 is 15.0 Å². The summed E-state index contributed by atoms with van der Waals surface area (Å²) in [7, 11) is 0. The van der Waals surface area contributed by atoms with E-state index in [1.54, 1.807) is 4.90 Å². The van der Waals surface area contributed by atoms with Crippen LogP contribution in [0.1, 0.15) is 79.1 Å². The maximum Gasteiger partial charge on any atom is 0.246 e. The van der Waals surface area contributed by atoms with Gasteiger partial charge in [0.05, 0.1) is 11.4 Å². The van der Waals surface area contributed by atoms with Gasteiger partial charge in [-0.1, -0.05) is 43.2 Å². The smallest absolute Gasteiger partial charge is 0.246 e. The number of nitrogens with zero attached hydrogens (tertiary/aromatic N) is 2. The average molecular weight is 456 g/mol. The number of piperidine rings is 1. The van der Waals surface area contributed by atoms with E-state index in [-0.39, 0.29) is 23.6 Å². The van der Waals surface area contributed by atoms with Crippen LogP contribution >= 0.6 is 24.0 Å². The van der Waals surface area contributed by atoms with Crippen LogP contribution in [-0.4, -0.2) is 68.2 Å². The summed E-state index contributed by atoms with van der Waals surface area (Å²) in [5.41, 5.74) is -1.60. The molecule has 2 aliphatic heterocycles. The van der Waals surface area contributed by atoms with Crippen LogP contribution in [0, 0.1) is 0 Å². The minimum absolute atomic E-state index is 0.0984. The lowest BCUT2D eigenvalue weighted by atomic mass is 9.93. The van der Waals surface area contributed by atoms with Gasteiger partial charge in [-0.3, -0.25) is 14.5 Å². The molecule has 3 aliphatic rings. The van der Waals surface area contributed by atoms with Gasteiger partial charge in [0.15, 0.2) is 0 Å². The highest BCUT2D eigenvalue weighted by atomic mass is 32.2. The molecule has 2 saturated heterocycles. The van der Waals surface area contributed by atoms with E-state index in [2.05, 4.69) is 10.2 Å². The van der Waals surface area contributed by atoms with Crippen LogP contribution in [0.5, 0.6) is 0 Å². The molecule has 30 heavy (non-hydrogen) atoms. The fraction of sp³-hybridized carbons (Fsp3) is 0.864. The monoisotopic (exact) mass is 455 g/mol. The van der Waals surface area contributed by atoms with Crippen molar-refractivity contribution in [2.75, 3.05) is 18.8 Å². The lowest BCUT2D eigenvalue weighted by molar-refractivity contribution is -0.149. The Balaban J connectivity index is 1.67. The first kappa shape index (κ1) is 23.8. The van der Waals surface area contributed by atoms with Crippen LogP contribution < -0.4 is 5.32 Å². The summed E-state index contributed by atoms with van der Waals surface area (Å²) in [4.78, 5) is 30.4. The van der Waals surface area contributed by atoms with Crippen LogP contribution in [-0.2, 0) is 14.3 Å². The highest BCUT2D eigenvalue weighted by Gasteiger charge is 2.57. The molecule has 0 aromatic heterocycles. The van der Waals surface area contributed by atoms with Crippen molar-refractivity contribution in [2.24, 2.45) is 0 Å². The molecule has 1 unspecified atom stereocenters. The summed E-state index contributed by atoms with van der Waals surface area (Å²) >= 11 is 6.97. The van der Waals surface area contributed by atoms with Crippen LogP contribution in [0.2, 0.25) is 0 Å². The fourth-order valence-corrected chi connectivity index (χ4v) is 6.25. The van der Waals surface area contributed by atoms with Crippen molar-refractivity contribution < 1.29 is 14.3 Å². The quantitative estimate of drug-likeness (QED) is 0.653. The molecule has 6 nitrogen and oxygen atoms in total. The van der Waals surface area contributed by atoms with E-state index in [1.807, 2.05) is 27.7 Å². The Morgan fingerprint density at radius 1 is 1.03 bits per heavy atom. The Bertz CT molecular complexity index is 656. The van der Waals surface area contributed by atoms with Gasteiger partial charge in [0.2, 0.25) is 11.8 Å². The van der Waals surface area contributed by atoms with Crippen molar-refractivity contribution in [3.05, 3.63) is 0 Å². The van der Waals surface area contributed by atoms with Crippen LogP contribution in [0.3, 0.4) is 0 Å². The van der Waals surface area contributed by atoms with Gasteiger partial charge in [-0.2, -0.15) is 0 Å². The molecule has 0 spiro atoms. The topological polar surface area (TPSA) is 61.9 Å².